The van der Waals surface area contributed by atoms with Gasteiger partial charge in [0.25, 0.3) is 0 Å². The second kappa shape index (κ2) is 14.8. The number of nitrogens with zero attached hydrogens (tertiary/aromatic N) is 3. The molecule has 0 amide bonds. The highest BCUT2D eigenvalue weighted by molar-refractivity contribution is 5.79. The number of imidazole rings is 1. The monoisotopic (exact) mass is 599 g/mol. The molecule has 5 aromatic rings. The van der Waals surface area contributed by atoms with Crippen molar-refractivity contribution < 1.29 is 9.47 Å². The highest BCUT2D eigenvalue weighted by atomic mass is 16.7. The van der Waals surface area contributed by atoms with Crippen LogP contribution in [0.1, 0.15) is 55.8 Å². The topological polar surface area (TPSA) is 39.5 Å². The van der Waals surface area contributed by atoms with Crippen LogP contribution in [0.15, 0.2) is 121 Å². The minimum absolute atomic E-state index is 0.0237. The van der Waals surface area contributed by atoms with Gasteiger partial charge in [-0.2, -0.15) is 0 Å². The maximum atomic E-state index is 6.63. The summed E-state index contributed by atoms with van der Waals surface area (Å²) in [4.78, 5) is 7.70. The molecular weight excluding hydrogens is 554 g/mol. The minimum atomic E-state index is -0.523. The summed E-state index contributed by atoms with van der Waals surface area (Å²) >= 11 is 0. The van der Waals surface area contributed by atoms with E-state index in [1.54, 1.807) is 0 Å². The second-order valence-corrected chi connectivity index (χ2v) is 12.5. The van der Waals surface area contributed by atoms with Crippen molar-refractivity contribution in [2.24, 2.45) is 5.41 Å². The van der Waals surface area contributed by atoms with E-state index in [0.29, 0.717) is 19.8 Å². The quantitative estimate of drug-likeness (QED) is 0.127. The molecule has 1 aromatic heterocycles. The van der Waals surface area contributed by atoms with Gasteiger partial charge < -0.3 is 18.9 Å². The van der Waals surface area contributed by atoms with Gasteiger partial charge in [0.15, 0.2) is 5.82 Å². The number of aromatic nitrogens is 2. The second-order valence-electron chi connectivity index (χ2n) is 12.5. The van der Waals surface area contributed by atoms with E-state index in [4.69, 9.17) is 14.5 Å². The summed E-state index contributed by atoms with van der Waals surface area (Å²) in [5, 5.41) is 0. The van der Waals surface area contributed by atoms with Gasteiger partial charge in [-0.15, -0.1) is 0 Å². The maximum absolute atomic E-state index is 6.63. The van der Waals surface area contributed by atoms with Crippen molar-refractivity contribution in [3.63, 3.8) is 0 Å². The van der Waals surface area contributed by atoms with Crippen molar-refractivity contribution in [3.05, 3.63) is 138 Å². The van der Waals surface area contributed by atoms with E-state index in [-0.39, 0.29) is 5.41 Å². The summed E-state index contributed by atoms with van der Waals surface area (Å²) in [6.07, 6.45) is 3.92. The Labute approximate surface area is 268 Å². The molecule has 6 rings (SSSR count). The normalized spacial score (nSPS) is 18.3. The van der Waals surface area contributed by atoms with Crippen LogP contribution >= 0.6 is 0 Å². The zero-order chi connectivity index (χ0) is 30.9. The van der Waals surface area contributed by atoms with E-state index >= 15 is 0 Å². The lowest BCUT2D eigenvalue weighted by Gasteiger charge is -2.39. The van der Waals surface area contributed by atoms with Gasteiger partial charge in [-0.1, -0.05) is 135 Å². The highest BCUT2D eigenvalue weighted by Gasteiger charge is 2.38. The fourth-order valence-electron chi connectivity index (χ4n) is 6.39. The SMILES string of the molecule is CC[C@]1(CCCCN(C)Cc2ccccc2)CO[C@@H](c2nc(-c3ccccc3)c(-c3ccccc3)n2Cc2ccccc2)OC1. The third kappa shape index (κ3) is 7.62. The van der Waals surface area contributed by atoms with Crippen LogP contribution in [0.25, 0.3) is 22.5 Å². The van der Waals surface area contributed by atoms with Gasteiger partial charge in [-0.25, -0.2) is 4.98 Å². The van der Waals surface area contributed by atoms with Gasteiger partial charge >= 0.3 is 0 Å². The molecule has 1 aliphatic rings. The molecule has 2 heterocycles. The molecule has 0 saturated carbocycles. The lowest BCUT2D eigenvalue weighted by molar-refractivity contribution is -0.240. The van der Waals surface area contributed by atoms with E-state index in [9.17, 15) is 0 Å². The van der Waals surface area contributed by atoms with Crippen LogP contribution in [0.3, 0.4) is 0 Å². The van der Waals surface area contributed by atoms with Gasteiger partial charge in [0.05, 0.1) is 24.6 Å². The summed E-state index contributed by atoms with van der Waals surface area (Å²) in [6.45, 7) is 6.37. The average Bonchev–Trinajstić information content (AvgIpc) is 3.47. The fraction of sp³-hybridized carbons (Fsp3) is 0.325. The van der Waals surface area contributed by atoms with Crippen molar-refractivity contribution in [1.29, 1.82) is 0 Å². The molecule has 1 aliphatic heterocycles. The van der Waals surface area contributed by atoms with E-state index in [1.165, 1.54) is 11.1 Å². The van der Waals surface area contributed by atoms with Gasteiger partial charge in [0.2, 0.25) is 6.29 Å². The Kier molecular flexibility index (Phi) is 10.2. The van der Waals surface area contributed by atoms with Crippen LogP contribution < -0.4 is 0 Å². The lowest BCUT2D eigenvalue weighted by atomic mass is 9.81. The van der Waals surface area contributed by atoms with E-state index < -0.39 is 6.29 Å². The first kappa shape index (κ1) is 31.0. The Morgan fingerprint density at radius 1 is 0.733 bits per heavy atom. The predicted octanol–water partition coefficient (Wildman–Crippen LogP) is 9.01. The fourth-order valence-corrected chi connectivity index (χ4v) is 6.39. The molecular formula is C40H45N3O2. The molecule has 1 fully saturated rings. The summed E-state index contributed by atoms with van der Waals surface area (Å²) in [5.74, 6) is 0.823. The van der Waals surface area contributed by atoms with Crippen LogP contribution in [0, 0.1) is 5.41 Å². The Bertz CT molecular complexity index is 1600. The smallest absolute Gasteiger partial charge is 0.217 e. The number of benzene rings is 4. The first-order valence-electron chi connectivity index (χ1n) is 16.3. The molecule has 0 bridgehead atoms. The van der Waals surface area contributed by atoms with E-state index in [0.717, 1.165) is 67.1 Å². The van der Waals surface area contributed by atoms with E-state index in [1.807, 2.05) is 6.07 Å². The minimum Gasteiger partial charge on any atom is -0.345 e. The highest BCUT2D eigenvalue weighted by Crippen LogP contribution is 2.41. The van der Waals surface area contributed by atoms with Gasteiger partial charge in [-0.05, 0) is 44.0 Å². The molecule has 0 N–H and O–H groups in total. The predicted molar refractivity (Wildman–Crippen MR) is 183 cm³/mol. The van der Waals surface area contributed by atoms with Gasteiger partial charge in [0, 0.05) is 29.6 Å². The van der Waals surface area contributed by atoms with Crippen molar-refractivity contribution in [2.45, 2.75) is 52.0 Å². The summed E-state index contributed by atoms with van der Waals surface area (Å²) in [5.41, 5.74) is 6.84. The zero-order valence-electron chi connectivity index (χ0n) is 26.6. The molecule has 1 saturated heterocycles. The van der Waals surface area contributed by atoms with Crippen molar-refractivity contribution in [2.75, 3.05) is 26.8 Å². The Balaban J connectivity index is 1.20. The maximum Gasteiger partial charge on any atom is 0.217 e. The number of unbranched alkanes of at least 4 members (excludes halogenated alkanes) is 1. The molecule has 0 unspecified atom stereocenters. The number of ether oxygens (including phenoxy) is 2. The molecule has 5 heteroatoms. The average molecular weight is 600 g/mol. The summed E-state index contributed by atoms with van der Waals surface area (Å²) in [6, 6.07) is 42.3. The Hall–Kier alpha value is -4.03. The summed E-state index contributed by atoms with van der Waals surface area (Å²) < 4.78 is 15.6. The number of rotatable bonds is 13. The molecule has 5 nitrogen and oxygen atoms in total. The number of hydrogen-bond donors (Lipinski definition) is 0. The Morgan fingerprint density at radius 3 is 1.89 bits per heavy atom. The van der Waals surface area contributed by atoms with Gasteiger partial charge in [-0.3, -0.25) is 0 Å². The van der Waals surface area contributed by atoms with Crippen LogP contribution in [0.4, 0.5) is 0 Å². The lowest BCUT2D eigenvalue weighted by Crippen LogP contribution is -2.39. The van der Waals surface area contributed by atoms with Gasteiger partial charge in [0.1, 0.15) is 0 Å². The first-order valence-corrected chi connectivity index (χ1v) is 16.3. The molecule has 4 aromatic carbocycles. The largest absolute Gasteiger partial charge is 0.345 e. The van der Waals surface area contributed by atoms with Crippen LogP contribution in [-0.2, 0) is 22.6 Å². The van der Waals surface area contributed by atoms with Crippen LogP contribution in [-0.4, -0.2) is 41.3 Å². The standard InChI is InChI=1S/C40H45N3O2/c1-3-40(26-16-17-27-42(2)28-32-18-8-4-9-19-32)30-44-39(45-31-40)38-41-36(34-22-12-6-13-23-34)37(35-24-14-7-15-25-35)43(38)29-33-20-10-5-11-21-33/h4-15,18-25,39H,3,16-17,26-31H2,1-2H3/t39-,40+. The first-order chi connectivity index (χ1) is 22.1. The Morgan fingerprint density at radius 2 is 1.29 bits per heavy atom. The van der Waals surface area contributed by atoms with Crippen molar-refractivity contribution in [3.8, 4) is 22.5 Å². The molecule has 0 aliphatic carbocycles. The molecule has 232 valence electrons. The zero-order valence-corrected chi connectivity index (χ0v) is 26.6. The third-order valence-corrected chi connectivity index (χ3v) is 9.11. The van der Waals surface area contributed by atoms with Crippen molar-refractivity contribution >= 4 is 0 Å². The van der Waals surface area contributed by atoms with E-state index in [2.05, 4.69) is 139 Å². The summed E-state index contributed by atoms with van der Waals surface area (Å²) in [7, 11) is 2.21. The third-order valence-electron chi connectivity index (χ3n) is 9.11. The molecule has 0 atom stereocenters. The van der Waals surface area contributed by atoms with Crippen molar-refractivity contribution in [1.82, 2.24) is 14.5 Å². The molecule has 0 radical (unpaired) electrons. The number of hydrogen-bond acceptors (Lipinski definition) is 4. The molecule has 45 heavy (non-hydrogen) atoms. The molecule has 0 spiro atoms. The van der Waals surface area contributed by atoms with Crippen LogP contribution in [0.2, 0.25) is 0 Å². The van der Waals surface area contributed by atoms with Crippen LogP contribution in [0.5, 0.6) is 0 Å².